The Morgan fingerprint density at radius 1 is 1.17 bits per heavy atom. The molecule has 4 rings (SSSR count). The van der Waals surface area contributed by atoms with Crippen molar-refractivity contribution < 1.29 is 9.72 Å². The third-order valence-corrected chi connectivity index (χ3v) is 5.17. The molecular weight excluding hydrogens is 402 g/mol. The number of rotatable bonds is 6. The van der Waals surface area contributed by atoms with Gasteiger partial charge in [0.2, 0.25) is 11.0 Å². The maximum Gasteiger partial charge on any atom is 0.269 e. The fraction of sp³-hybridized carbons (Fsp3) is 0.0952. The standard InChI is InChI=1S/C21H17N5O3S/c1-14-11-19(23-20(27)12-15-7-9-17(10-8-15)26(28)29)25(24-14)21-22-18(13-30-21)16-5-3-2-4-6-16/h2-11,13H,12H2,1H3,(H,23,27). The number of nitro groups is 1. The van der Waals surface area contributed by atoms with Crippen LogP contribution in [-0.2, 0) is 11.2 Å². The van der Waals surface area contributed by atoms with Crippen LogP contribution in [0.5, 0.6) is 0 Å². The lowest BCUT2D eigenvalue weighted by molar-refractivity contribution is -0.384. The van der Waals surface area contributed by atoms with Gasteiger partial charge < -0.3 is 5.32 Å². The zero-order valence-corrected chi connectivity index (χ0v) is 16.8. The monoisotopic (exact) mass is 419 g/mol. The smallest absolute Gasteiger partial charge is 0.269 e. The van der Waals surface area contributed by atoms with Crippen LogP contribution in [0.25, 0.3) is 16.4 Å². The van der Waals surface area contributed by atoms with E-state index in [0.29, 0.717) is 16.5 Å². The third kappa shape index (κ3) is 4.26. The highest BCUT2D eigenvalue weighted by Gasteiger charge is 2.15. The van der Waals surface area contributed by atoms with Crippen molar-refractivity contribution in [2.75, 3.05) is 5.32 Å². The molecule has 0 radical (unpaired) electrons. The van der Waals surface area contributed by atoms with Crippen molar-refractivity contribution in [3.05, 3.63) is 87.4 Å². The Balaban J connectivity index is 1.51. The van der Waals surface area contributed by atoms with Crippen LogP contribution in [0.1, 0.15) is 11.3 Å². The highest BCUT2D eigenvalue weighted by atomic mass is 32.1. The zero-order valence-electron chi connectivity index (χ0n) is 16.0. The van der Waals surface area contributed by atoms with Crippen molar-refractivity contribution in [2.24, 2.45) is 0 Å². The molecule has 0 aliphatic carbocycles. The van der Waals surface area contributed by atoms with E-state index in [1.165, 1.54) is 23.5 Å². The maximum atomic E-state index is 12.5. The molecule has 2 aromatic carbocycles. The van der Waals surface area contributed by atoms with E-state index in [2.05, 4.69) is 15.4 Å². The Kier molecular flexibility index (Phi) is 5.36. The van der Waals surface area contributed by atoms with Gasteiger partial charge in [0, 0.05) is 29.1 Å². The van der Waals surface area contributed by atoms with E-state index in [1.54, 1.807) is 22.9 Å². The number of hydrogen-bond donors (Lipinski definition) is 1. The van der Waals surface area contributed by atoms with Crippen LogP contribution >= 0.6 is 11.3 Å². The molecule has 1 amide bonds. The van der Waals surface area contributed by atoms with Gasteiger partial charge >= 0.3 is 0 Å². The number of anilines is 1. The summed E-state index contributed by atoms with van der Waals surface area (Å²) in [6, 6.07) is 17.5. The first-order chi connectivity index (χ1) is 14.5. The molecule has 0 unspecified atom stereocenters. The molecule has 8 nitrogen and oxygen atoms in total. The molecule has 0 aliphatic heterocycles. The summed E-state index contributed by atoms with van der Waals surface area (Å²) in [5.41, 5.74) is 3.27. The molecule has 4 aromatic rings. The average molecular weight is 419 g/mol. The second kappa shape index (κ2) is 8.26. The number of aryl methyl sites for hydroxylation is 1. The third-order valence-electron chi connectivity index (χ3n) is 4.35. The van der Waals surface area contributed by atoms with Gasteiger partial charge in [0.1, 0.15) is 5.82 Å². The quantitative estimate of drug-likeness (QED) is 0.369. The van der Waals surface area contributed by atoms with Gasteiger partial charge in [-0.05, 0) is 12.5 Å². The molecular formula is C21H17N5O3S. The van der Waals surface area contributed by atoms with Gasteiger partial charge in [0.15, 0.2) is 0 Å². The summed E-state index contributed by atoms with van der Waals surface area (Å²) in [4.78, 5) is 27.4. The molecule has 0 bridgehead atoms. The summed E-state index contributed by atoms with van der Waals surface area (Å²) >= 11 is 1.43. The Labute approximate surface area is 176 Å². The largest absolute Gasteiger partial charge is 0.310 e. The molecule has 0 aliphatic rings. The Morgan fingerprint density at radius 2 is 1.90 bits per heavy atom. The van der Waals surface area contributed by atoms with Crippen LogP contribution in [0.3, 0.4) is 0 Å². The average Bonchev–Trinajstić information content (AvgIpc) is 3.35. The Hall–Kier alpha value is -3.85. The number of thiazole rings is 1. The lowest BCUT2D eigenvalue weighted by atomic mass is 10.1. The van der Waals surface area contributed by atoms with Gasteiger partial charge in [-0.15, -0.1) is 11.3 Å². The minimum absolute atomic E-state index is 0.00847. The Bertz CT molecular complexity index is 1200. The van der Waals surface area contributed by atoms with Crippen LogP contribution in [0.15, 0.2) is 66.0 Å². The van der Waals surface area contributed by atoms with Crippen molar-refractivity contribution >= 4 is 28.7 Å². The van der Waals surface area contributed by atoms with Gasteiger partial charge in [0.25, 0.3) is 5.69 Å². The normalized spacial score (nSPS) is 10.7. The van der Waals surface area contributed by atoms with E-state index in [1.807, 2.05) is 42.6 Å². The second-order valence-electron chi connectivity index (χ2n) is 6.61. The number of amides is 1. The number of nitrogens with zero attached hydrogens (tertiary/aromatic N) is 4. The molecule has 0 spiro atoms. The van der Waals surface area contributed by atoms with Crippen molar-refractivity contribution in [1.82, 2.24) is 14.8 Å². The van der Waals surface area contributed by atoms with E-state index < -0.39 is 4.92 Å². The van der Waals surface area contributed by atoms with E-state index in [0.717, 1.165) is 17.0 Å². The van der Waals surface area contributed by atoms with Crippen LogP contribution in [-0.4, -0.2) is 25.6 Å². The van der Waals surface area contributed by atoms with Crippen LogP contribution < -0.4 is 5.32 Å². The topological polar surface area (TPSA) is 103 Å². The minimum atomic E-state index is -0.469. The SMILES string of the molecule is Cc1cc(NC(=O)Cc2ccc([N+](=O)[O-])cc2)n(-c2nc(-c3ccccc3)cs2)n1. The molecule has 150 valence electrons. The van der Waals surface area contributed by atoms with Crippen LogP contribution in [0.4, 0.5) is 11.5 Å². The molecule has 0 atom stereocenters. The van der Waals surface area contributed by atoms with Crippen molar-refractivity contribution in [2.45, 2.75) is 13.3 Å². The number of aromatic nitrogens is 3. The number of nitrogens with one attached hydrogen (secondary N) is 1. The summed E-state index contributed by atoms with van der Waals surface area (Å²) < 4.78 is 1.61. The predicted octanol–water partition coefficient (Wildman–Crippen LogP) is 4.39. The van der Waals surface area contributed by atoms with Gasteiger partial charge in [-0.1, -0.05) is 42.5 Å². The van der Waals surface area contributed by atoms with Gasteiger partial charge in [0.05, 0.1) is 22.7 Å². The summed E-state index contributed by atoms with van der Waals surface area (Å²) in [5, 5.41) is 20.7. The first kappa shape index (κ1) is 19.5. The molecule has 9 heteroatoms. The van der Waals surface area contributed by atoms with Crippen molar-refractivity contribution in [1.29, 1.82) is 0 Å². The predicted molar refractivity (Wildman–Crippen MR) is 115 cm³/mol. The molecule has 30 heavy (non-hydrogen) atoms. The van der Waals surface area contributed by atoms with Crippen molar-refractivity contribution in [3.8, 4) is 16.4 Å². The summed E-state index contributed by atoms with van der Waals surface area (Å²) in [7, 11) is 0. The van der Waals surface area contributed by atoms with Gasteiger partial charge in [-0.25, -0.2) is 4.98 Å². The highest BCUT2D eigenvalue weighted by Crippen LogP contribution is 2.26. The molecule has 0 fully saturated rings. The van der Waals surface area contributed by atoms with Crippen LogP contribution in [0, 0.1) is 17.0 Å². The summed E-state index contributed by atoms with van der Waals surface area (Å²) in [6.45, 7) is 1.84. The molecule has 2 aromatic heterocycles. The van der Waals surface area contributed by atoms with Crippen molar-refractivity contribution in [3.63, 3.8) is 0 Å². The van der Waals surface area contributed by atoms with Gasteiger partial charge in [-0.3, -0.25) is 14.9 Å². The lowest BCUT2D eigenvalue weighted by Gasteiger charge is -2.07. The number of nitro benzene ring substituents is 1. The minimum Gasteiger partial charge on any atom is -0.310 e. The number of non-ortho nitro benzene ring substituents is 1. The maximum absolute atomic E-state index is 12.5. The fourth-order valence-electron chi connectivity index (χ4n) is 2.95. The number of carbonyl (C=O) groups excluding carboxylic acids is 1. The van der Waals surface area contributed by atoms with E-state index in [-0.39, 0.29) is 18.0 Å². The molecule has 2 heterocycles. The lowest BCUT2D eigenvalue weighted by Crippen LogP contribution is -2.17. The highest BCUT2D eigenvalue weighted by molar-refractivity contribution is 7.12. The summed E-state index contributed by atoms with van der Waals surface area (Å²) in [5.74, 6) is 0.276. The molecule has 0 saturated carbocycles. The second-order valence-corrected chi connectivity index (χ2v) is 7.45. The molecule has 1 N–H and O–H groups in total. The number of carbonyl (C=O) groups is 1. The fourth-order valence-corrected chi connectivity index (χ4v) is 3.74. The van der Waals surface area contributed by atoms with Gasteiger partial charge in [-0.2, -0.15) is 9.78 Å². The molecule has 0 saturated heterocycles. The first-order valence-electron chi connectivity index (χ1n) is 9.11. The summed E-state index contributed by atoms with van der Waals surface area (Å²) in [6.07, 6.45) is 0.0926. The van der Waals surface area contributed by atoms with E-state index in [4.69, 9.17) is 0 Å². The number of hydrogen-bond acceptors (Lipinski definition) is 6. The van der Waals surface area contributed by atoms with E-state index in [9.17, 15) is 14.9 Å². The Morgan fingerprint density at radius 3 is 2.60 bits per heavy atom. The first-order valence-corrected chi connectivity index (χ1v) is 9.99. The van der Waals surface area contributed by atoms with Crippen LogP contribution in [0.2, 0.25) is 0 Å². The number of benzene rings is 2. The van der Waals surface area contributed by atoms with E-state index >= 15 is 0 Å². The zero-order chi connectivity index (χ0) is 21.1.